The van der Waals surface area contributed by atoms with Crippen molar-refractivity contribution in [1.82, 2.24) is 19.7 Å². The Labute approximate surface area is 245 Å². The van der Waals surface area contributed by atoms with Gasteiger partial charge in [-0.2, -0.15) is 5.10 Å². The fraction of sp³-hybridized carbons (Fsp3) is 0.793. The third-order valence-corrected chi connectivity index (χ3v) is 8.07. The average Bonchev–Trinajstić information content (AvgIpc) is 3.71. The fourth-order valence-electron chi connectivity index (χ4n) is 6.28. The van der Waals surface area contributed by atoms with Crippen molar-refractivity contribution in [3.05, 3.63) is 12.0 Å². The number of rotatable bonds is 7. The summed E-state index contributed by atoms with van der Waals surface area (Å²) in [6, 6.07) is -0.0741. The molecular weight excluding hydrogens is 546 g/mol. The molecule has 4 aliphatic rings. The van der Waals surface area contributed by atoms with Crippen LogP contribution in [0.2, 0.25) is 0 Å². The van der Waals surface area contributed by atoms with Gasteiger partial charge in [0.05, 0.1) is 18.2 Å². The van der Waals surface area contributed by atoms with E-state index in [0.29, 0.717) is 29.3 Å². The zero-order chi connectivity index (χ0) is 29.6. The second-order valence-corrected chi connectivity index (χ2v) is 13.0. The monoisotopic (exact) mass is 589 g/mol. The Hall–Kier alpha value is -2.42. The van der Waals surface area contributed by atoms with Gasteiger partial charge in [-0.3, -0.25) is 4.90 Å². The van der Waals surface area contributed by atoms with Crippen LogP contribution in [0.4, 0.5) is 10.6 Å². The first kappa shape index (κ1) is 29.6. The number of aromatic nitrogens is 4. The van der Waals surface area contributed by atoms with E-state index in [9.17, 15) is 9.90 Å². The van der Waals surface area contributed by atoms with Crippen molar-refractivity contribution in [1.29, 1.82) is 0 Å². The molecule has 3 saturated heterocycles. The number of ether oxygens (including phenoxy) is 6. The Morgan fingerprint density at radius 1 is 1.12 bits per heavy atom. The number of aliphatic hydroxyl groups excluding tert-OH is 1. The van der Waals surface area contributed by atoms with Crippen LogP contribution < -0.4 is 4.90 Å². The average molecular weight is 590 g/mol. The van der Waals surface area contributed by atoms with Gasteiger partial charge in [0.2, 0.25) is 0 Å². The highest BCUT2D eigenvalue weighted by Crippen LogP contribution is 2.44. The minimum atomic E-state index is -0.844. The molecule has 2 aromatic heterocycles. The number of carbonyl (C=O) groups is 1. The summed E-state index contributed by atoms with van der Waals surface area (Å²) in [7, 11) is 0. The molecule has 6 rings (SSSR count). The molecule has 2 aromatic rings. The van der Waals surface area contributed by atoms with Gasteiger partial charge >= 0.3 is 6.09 Å². The minimum absolute atomic E-state index is 0.0741. The maximum Gasteiger partial charge on any atom is 0.416 e. The van der Waals surface area contributed by atoms with Gasteiger partial charge in [-0.1, -0.05) is 12.8 Å². The zero-order valence-electron chi connectivity index (χ0n) is 25.2. The molecule has 3 aliphatic heterocycles. The molecule has 232 valence electrons. The Morgan fingerprint density at radius 2 is 1.86 bits per heavy atom. The SMILES string of the molecule is CC(C)(C)OC(=O)N(c1nc(COC2CCCCO2)nc2c1cnn2[C@@H]1O[C@H](CO)[C@H]2OC(C)(C)O[C@H]21)C1CCCC1. The van der Waals surface area contributed by atoms with Crippen molar-refractivity contribution >= 4 is 22.9 Å². The van der Waals surface area contributed by atoms with E-state index in [1.165, 1.54) is 0 Å². The van der Waals surface area contributed by atoms with Gasteiger partial charge in [0.1, 0.15) is 30.5 Å². The van der Waals surface area contributed by atoms with Gasteiger partial charge < -0.3 is 33.5 Å². The number of hydrogen-bond acceptors (Lipinski definition) is 11. The smallest absolute Gasteiger partial charge is 0.416 e. The molecule has 0 aromatic carbocycles. The molecule has 5 heterocycles. The van der Waals surface area contributed by atoms with Crippen LogP contribution in [0, 0.1) is 0 Å². The molecule has 5 atom stereocenters. The molecule has 0 bridgehead atoms. The molecule has 1 saturated carbocycles. The number of amides is 1. The minimum Gasteiger partial charge on any atom is -0.443 e. The predicted octanol–water partition coefficient (Wildman–Crippen LogP) is 3.96. The topological polar surface area (TPSA) is 140 Å². The number of aliphatic hydroxyl groups is 1. The number of carbonyl (C=O) groups excluding carboxylic acids is 1. The first-order valence-corrected chi connectivity index (χ1v) is 15.1. The van der Waals surface area contributed by atoms with E-state index in [2.05, 4.69) is 5.10 Å². The normalized spacial score (nSPS) is 29.7. The Balaban J connectivity index is 1.42. The van der Waals surface area contributed by atoms with Crippen molar-refractivity contribution in [2.75, 3.05) is 18.1 Å². The molecule has 1 N–H and O–H groups in total. The molecule has 13 heteroatoms. The quantitative estimate of drug-likeness (QED) is 0.502. The summed E-state index contributed by atoms with van der Waals surface area (Å²) >= 11 is 0. The van der Waals surface area contributed by atoms with Crippen LogP contribution in [0.25, 0.3) is 11.0 Å². The highest BCUT2D eigenvalue weighted by atomic mass is 16.8. The maximum atomic E-state index is 13.7. The highest BCUT2D eigenvalue weighted by molar-refractivity contribution is 5.97. The third-order valence-electron chi connectivity index (χ3n) is 8.07. The Morgan fingerprint density at radius 3 is 2.55 bits per heavy atom. The molecule has 1 unspecified atom stereocenters. The lowest BCUT2D eigenvalue weighted by Gasteiger charge is -2.31. The van der Waals surface area contributed by atoms with Gasteiger partial charge in [0, 0.05) is 12.6 Å². The number of nitrogens with zero attached hydrogens (tertiary/aromatic N) is 5. The first-order valence-electron chi connectivity index (χ1n) is 15.1. The van der Waals surface area contributed by atoms with Gasteiger partial charge in [0.25, 0.3) is 0 Å². The van der Waals surface area contributed by atoms with Crippen LogP contribution in [-0.4, -0.2) is 86.2 Å². The second kappa shape index (κ2) is 11.6. The van der Waals surface area contributed by atoms with Crippen LogP contribution in [0.5, 0.6) is 0 Å². The lowest BCUT2D eigenvalue weighted by atomic mass is 10.1. The van der Waals surface area contributed by atoms with Gasteiger partial charge in [0.15, 0.2) is 35.6 Å². The van der Waals surface area contributed by atoms with Crippen LogP contribution in [0.3, 0.4) is 0 Å². The number of fused-ring (bicyclic) bond motifs is 2. The van der Waals surface area contributed by atoms with Crippen LogP contribution in [-0.2, 0) is 35.0 Å². The highest BCUT2D eigenvalue weighted by Gasteiger charge is 2.56. The van der Waals surface area contributed by atoms with E-state index in [1.807, 2.05) is 34.6 Å². The molecule has 13 nitrogen and oxygen atoms in total. The zero-order valence-corrected chi connectivity index (χ0v) is 25.2. The predicted molar refractivity (Wildman–Crippen MR) is 149 cm³/mol. The van der Waals surface area contributed by atoms with Crippen molar-refractivity contribution in [3.8, 4) is 0 Å². The Bertz CT molecular complexity index is 1270. The van der Waals surface area contributed by atoms with E-state index in [-0.39, 0.29) is 25.5 Å². The van der Waals surface area contributed by atoms with E-state index in [1.54, 1.807) is 15.8 Å². The summed E-state index contributed by atoms with van der Waals surface area (Å²) in [6.07, 6.45) is 5.11. The van der Waals surface area contributed by atoms with E-state index < -0.39 is 42.0 Å². The number of hydrogen-bond donors (Lipinski definition) is 1. The standard InChI is InChI=1S/C29H43N5O8/c1-28(2,3)42-27(36)33(17-10-6-7-11-17)24-18-14-30-34(26-23-22(19(15-35)39-26)40-29(4,5)41-23)25(18)32-20(31-24)16-38-21-12-8-9-13-37-21/h14,17,19,21-23,26,35H,6-13,15-16H2,1-5H3/t19-,21?,22-,23-,26-/m1/s1. The van der Waals surface area contributed by atoms with E-state index in [4.69, 9.17) is 38.4 Å². The van der Waals surface area contributed by atoms with E-state index >= 15 is 0 Å². The Kier molecular flexibility index (Phi) is 8.18. The van der Waals surface area contributed by atoms with Crippen LogP contribution >= 0.6 is 0 Å². The third kappa shape index (κ3) is 6.00. The molecular formula is C29H43N5O8. The summed E-state index contributed by atoms with van der Waals surface area (Å²) in [4.78, 5) is 25.2. The van der Waals surface area contributed by atoms with Crippen LogP contribution in [0.1, 0.15) is 91.6 Å². The summed E-state index contributed by atoms with van der Waals surface area (Å²) in [5, 5.41) is 15.3. The summed E-state index contributed by atoms with van der Waals surface area (Å²) < 4.78 is 37.9. The maximum absolute atomic E-state index is 13.7. The van der Waals surface area contributed by atoms with E-state index in [0.717, 1.165) is 44.9 Å². The van der Waals surface area contributed by atoms with Gasteiger partial charge in [-0.15, -0.1) is 0 Å². The largest absolute Gasteiger partial charge is 0.443 e. The van der Waals surface area contributed by atoms with Crippen molar-refractivity contribution in [3.63, 3.8) is 0 Å². The fourth-order valence-corrected chi connectivity index (χ4v) is 6.28. The van der Waals surface area contributed by atoms with Gasteiger partial charge in [-0.05, 0) is 66.7 Å². The summed E-state index contributed by atoms with van der Waals surface area (Å²) in [5.41, 5.74) is -0.224. The lowest BCUT2D eigenvalue weighted by Crippen LogP contribution is -2.43. The first-order chi connectivity index (χ1) is 20.0. The molecule has 0 radical (unpaired) electrons. The van der Waals surface area contributed by atoms with Crippen molar-refractivity contribution < 1.29 is 38.3 Å². The molecule has 1 aliphatic carbocycles. The summed E-state index contributed by atoms with van der Waals surface area (Å²) in [6.45, 7) is 9.74. The van der Waals surface area contributed by atoms with Gasteiger partial charge in [-0.25, -0.2) is 19.4 Å². The number of anilines is 1. The molecule has 0 spiro atoms. The molecule has 1 amide bonds. The van der Waals surface area contributed by atoms with Crippen molar-refractivity contribution in [2.24, 2.45) is 0 Å². The van der Waals surface area contributed by atoms with Crippen molar-refractivity contribution in [2.45, 2.75) is 134 Å². The van der Waals surface area contributed by atoms with Crippen LogP contribution in [0.15, 0.2) is 6.20 Å². The molecule has 42 heavy (non-hydrogen) atoms. The lowest BCUT2D eigenvalue weighted by molar-refractivity contribution is -0.201. The summed E-state index contributed by atoms with van der Waals surface area (Å²) in [5.74, 6) is -0.0343. The second-order valence-electron chi connectivity index (χ2n) is 13.0. The molecule has 4 fully saturated rings.